The summed E-state index contributed by atoms with van der Waals surface area (Å²) < 4.78 is 0. The molecule has 3 heteroatoms. The molecule has 0 aliphatic heterocycles. The molecular formula is C54H37N3. The van der Waals surface area contributed by atoms with E-state index in [0.717, 1.165) is 72.2 Å². The molecule has 268 valence electrons. The van der Waals surface area contributed by atoms with Gasteiger partial charge in [0.05, 0.1) is 16.9 Å². The zero-order chi connectivity index (χ0) is 38.3. The van der Waals surface area contributed by atoms with Crippen molar-refractivity contribution in [1.82, 2.24) is 15.0 Å². The second-order valence-corrected chi connectivity index (χ2v) is 14.5. The molecule has 57 heavy (non-hydrogen) atoms. The van der Waals surface area contributed by atoms with Crippen molar-refractivity contribution in [3.8, 4) is 56.2 Å². The molecule has 0 saturated carbocycles. The molecule has 10 aromatic rings. The number of nitrogens with zero attached hydrogens (tertiary/aromatic N) is 3. The molecule has 0 unspecified atom stereocenters. The molecule has 0 aliphatic rings. The minimum Gasteiger partial charge on any atom is -0.256 e. The van der Waals surface area contributed by atoms with E-state index in [4.69, 9.17) is 15.0 Å². The van der Waals surface area contributed by atoms with E-state index in [9.17, 15) is 0 Å². The van der Waals surface area contributed by atoms with Crippen molar-refractivity contribution in [3.05, 3.63) is 206 Å². The number of benzene rings is 8. The highest BCUT2D eigenvalue weighted by atomic mass is 14.9. The summed E-state index contributed by atoms with van der Waals surface area (Å²) in [5.41, 5.74) is 12.6. The Morgan fingerprint density at radius 3 is 1.81 bits per heavy atom. The summed E-state index contributed by atoms with van der Waals surface area (Å²) in [6, 6.07) is 60.3. The number of hydrogen-bond acceptors (Lipinski definition) is 3. The first kappa shape index (κ1) is 34.0. The summed E-state index contributed by atoms with van der Waals surface area (Å²) in [6.07, 6.45) is 7.91. The molecule has 0 N–H and O–H groups in total. The largest absolute Gasteiger partial charge is 0.256 e. The first-order valence-corrected chi connectivity index (χ1v) is 19.3. The third-order valence-electron chi connectivity index (χ3n) is 11.1. The molecular weight excluding hydrogens is 691 g/mol. The van der Waals surface area contributed by atoms with Gasteiger partial charge in [-0.25, -0.2) is 9.97 Å². The lowest BCUT2D eigenvalue weighted by molar-refractivity contribution is 1.18. The fourth-order valence-electron chi connectivity index (χ4n) is 8.14. The molecule has 0 radical (unpaired) electrons. The molecule has 0 amide bonds. The maximum absolute atomic E-state index is 5.29. The Labute approximate surface area is 332 Å². The van der Waals surface area contributed by atoms with Gasteiger partial charge in [0.1, 0.15) is 0 Å². The van der Waals surface area contributed by atoms with Gasteiger partial charge in [0.2, 0.25) is 0 Å². The number of fused-ring (bicyclic) bond motifs is 5. The van der Waals surface area contributed by atoms with Gasteiger partial charge >= 0.3 is 0 Å². The second kappa shape index (κ2) is 14.3. The van der Waals surface area contributed by atoms with E-state index in [-0.39, 0.29) is 0 Å². The quantitative estimate of drug-likeness (QED) is 0.121. The molecule has 0 atom stereocenters. The second-order valence-electron chi connectivity index (χ2n) is 14.5. The normalized spacial score (nSPS) is 11.6. The average molecular weight is 728 g/mol. The Balaban J connectivity index is 1.11. The molecule has 0 saturated heterocycles. The molecule has 8 aromatic carbocycles. The van der Waals surface area contributed by atoms with Gasteiger partial charge in [-0.3, -0.25) is 4.98 Å². The standard InChI is InChI=1S/C54H37N3/c1-3-4-16-44-35(2)49(31-40-13-5-8-17-45(40)44)53-33-52(56-54(57-53)39-28-22-36(23-29-39)43-30-42-15-7-12-21-51(42)55-34-43)38-26-24-37(25-27-38)50-32-41-14-6-9-18-46(41)47-19-10-11-20-48(47)50/h3-34H,1H2,2H3/b16-4-. The number of allylic oxidation sites excluding steroid dienone is 2. The van der Waals surface area contributed by atoms with Crippen LogP contribution in [0.5, 0.6) is 0 Å². The highest BCUT2D eigenvalue weighted by Crippen LogP contribution is 2.38. The molecule has 10 rings (SSSR count). The van der Waals surface area contributed by atoms with Gasteiger partial charge in [0.15, 0.2) is 5.82 Å². The van der Waals surface area contributed by atoms with E-state index < -0.39 is 0 Å². The van der Waals surface area contributed by atoms with Crippen LogP contribution >= 0.6 is 0 Å². The van der Waals surface area contributed by atoms with Crippen molar-refractivity contribution >= 4 is 49.3 Å². The minimum atomic E-state index is 0.672. The van der Waals surface area contributed by atoms with Gasteiger partial charge in [-0.05, 0) is 97.4 Å². The van der Waals surface area contributed by atoms with Crippen LogP contribution in [0, 0.1) is 6.92 Å². The predicted molar refractivity (Wildman–Crippen MR) is 241 cm³/mol. The summed E-state index contributed by atoms with van der Waals surface area (Å²) in [5.74, 6) is 0.672. The molecule has 0 bridgehead atoms. The highest BCUT2D eigenvalue weighted by molar-refractivity contribution is 6.13. The molecule has 3 nitrogen and oxygen atoms in total. The van der Waals surface area contributed by atoms with Crippen LogP contribution in [0.4, 0.5) is 0 Å². The van der Waals surface area contributed by atoms with Gasteiger partial charge in [0.25, 0.3) is 0 Å². The number of para-hydroxylation sites is 1. The molecule has 2 heterocycles. The van der Waals surface area contributed by atoms with Crippen molar-refractivity contribution in [3.63, 3.8) is 0 Å². The number of hydrogen-bond donors (Lipinski definition) is 0. The zero-order valence-electron chi connectivity index (χ0n) is 31.5. The molecule has 2 aromatic heterocycles. The van der Waals surface area contributed by atoms with Crippen LogP contribution in [0.3, 0.4) is 0 Å². The maximum Gasteiger partial charge on any atom is 0.160 e. The first-order chi connectivity index (χ1) is 28.1. The summed E-state index contributed by atoms with van der Waals surface area (Å²) >= 11 is 0. The average Bonchev–Trinajstić information content (AvgIpc) is 3.28. The fraction of sp³-hybridized carbons (Fsp3) is 0.0185. The van der Waals surface area contributed by atoms with Crippen molar-refractivity contribution in [2.24, 2.45) is 0 Å². The summed E-state index contributed by atoms with van der Waals surface area (Å²) in [6.45, 7) is 6.12. The Bertz CT molecular complexity index is 3190. The van der Waals surface area contributed by atoms with Gasteiger partial charge in [0, 0.05) is 33.8 Å². The van der Waals surface area contributed by atoms with Crippen LogP contribution in [-0.2, 0) is 0 Å². The van der Waals surface area contributed by atoms with E-state index in [0.29, 0.717) is 5.82 Å². The monoisotopic (exact) mass is 727 g/mol. The Kier molecular flexibility index (Phi) is 8.54. The Morgan fingerprint density at radius 1 is 0.456 bits per heavy atom. The maximum atomic E-state index is 5.29. The summed E-state index contributed by atoms with van der Waals surface area (Å²) in [4.78, 5) is 15.2. The lowest BCUT2D eigenvalue weighted by Gasteiger charge is -2.15. The summed E-state index contributed by atoms with van der Waals surface area (Å²) in [7, 11) is 0. The van der Waals surface area contributed by atoms with Crippen molar-refractivity contribution in [2.75, 3.05) is 0 Å². The third kappa shape index (κ3) is 6.26. The SMILES string of the molecule is C=C/C=C\c1c(C)c(-c2cc(-c3ccc(-c4cc5ccccc5c5ccccc45)cc3)nc(-c3ccc(-c4cnc5ccccc5c4)cc3)n2)cc2ccccc12. The van der Waals surface area contributed by atoms with Gasteiger partial charge in [-0.2, -0.15) is 0 Å². The third-order valence-corrected chi connectivity index (χ3v) is 11.1. The molecule has 0 aliphatic carbocycles. The highest BCUT2D eigenvalue weighted by Gasteiger charge is 2.17. The van der Waals surface area contributed by atoms with Crippen LogP contribution in [0.1, 0.15) is 11.1 Å². The van der Waals surface area contributed by atoms with E-state index in [1.54, 1.807) is 0 Å². The van der Waals surface area contributed by atoms with E-state index >= 15 is 0 Å². The van der Waals surface area contributed by atoms with E-state index in [1.165, 1.54) is 32.5 Å². The zero-order valence-corrected chi connectivity index (χ0v) is 31.5. The number of aromatic nitrogens is 3. The minimum absolute atomic E-state index is 0.672. The predicted octanol–water partition coefficient (Wildman–Crippen LogP) is 14.3. The lowest BCUT2D eigenvalue weighted by atomic mass is 9.92. The van der Waals surface area contributed by atoms with Crippen LogP contribution in [0.25, 0.3) is 105 Å². The van der Waals surface area contributed by atoms with Gasteiger partial charge < -0.3 is 0 Å². The first-order valence-electron chi connectivity index (χ1n) is 19.3. The Morgan fingerprint density at radius 2 is 1.04 bits per heavy atom. The topological polar surface area (TPSA) is 38.7 Å². The van der Waals surface area contributed by atoms with Crippen LogP contribution < -0.4 is 0 Å². The van der Waals surface area contributed by atoms with Gasteiger partial charge in [-0.1, -0.05) is 164 Å². The van der Waals surface area contributed by atoms with E-state index in [2.05, 4.69) is 171 Å². The molecule has 0 spiro atoms. The van der Waals surface area contributed by atoms with Gasteiger partial charge in [-0.15, -0.1) is 0 Å². The number of rotatable bonds is 7. The van der Waals surface area contributed by atoms with E-state index in [1.807, 2.05) is 36.5 Å². The van der Waals surface area contributed by atoms with Crippen molar-refractivity contribution < 1.29 is 0 Å². The van der Waals surface area contributed by atoms with Crippen LogP contribution in [0.2, 0.25) is 0 Å². The van der Waals surface area contributed by atoms with Crippen LogP contribution in [-0.4, -0.2) is 15.0 Å². The fourth-order valence-corrected chi connectivity index (χ4v) is 8.14. The van der Waals surface area contributed by atoms with Crippen molar-refractivity contribution in [2.45, 2.75) is 6.92 Å². The summed E-state index contributed by atoms with van der Waals surface area (Å²) in [5, 5.41) is 8.47. The lowest BCUT2D eigenvalue weighted by Crippen LogP contribution is -1.98. The Hall–Kier alpha value is -7.49. The van der Waals surface area contributed by atoms with Crippen molar-refractivity contribution in [1.29, 1.82) is 0 Å². The number of pyridine rings is 1. The smallest absolute Gasteiger partial charge is 0.160 e. The molecule has 0 fully saturated rings. The van der Waals surface area contributed by atoms with Crippen LogP contribution in [0.15, 0.2) is 195 Å².